The fourth-order valence-corrected chi connectivity index (χ4v) is 2.39. The summed E-state index contributed by atoms with van der Waals surface area (Å²) in [5, 5.41) is 4.93. The Balaban J connectivity index is 1.83. The van der Waals surface area contributed by atoms with E-state index < -0.39 is 0 Å². The molecule has 7 heteroatoms. The third kappa shape index (κ3) is 5.22. The summed E-state index contributed by atoms with van der Waals surface area (Å²) in [6, 6.07) is 10.6. The number of ether oxygens (including phenoxy) is 3. The van der Waals surface area contributed by atoms with Gasteiger partial charge in [-0.25, -0.2) is 0 Å². The van der Waals surface area contributed by atoms with Crippen LogP contribution in [-0.2, 0) is 4.84 Å². The van der Waals surface area contributed by atoms with Crippen molar-refractivity contribution in [1.29, 1.82) is 0 Å². The molecule has 0 saturated carbocycles. The van der Waals surface area contributed by atoms with Gasteiger partial charge in [0.05, 0.1) is 25.5 Å². The van der Waals surface area contributed by atoms with Crippen LogP contribution in [-0.4, -0.2) is 33.6 Å². The number of hydrogen-bond donors (Lipinski definition) is 0. The fourth-order valence-electron chi connectivity index (χ4n) is 1.92. The number of halogens is 2. The van der Waals surface area contributed by atoms with Crippen LogP contribution >= 0.6 is 23.2 Å². The van der Waals surface area contributed by atoms with Gasteiger partial charge in [-0.1, -0.05) is 34.4 Å². The molecule has 0 aliphatic rings. The Bertz CT molecular complexity index is 707. The molecule has 2 rings (SSSR count). The summed E-state index contributed by atoms with van der Waals surface area (Å²) in [6.45, 7) is 0.647. The Morgan fingerprint density at radius 3 is 2.58 bits per heavy atom. The van der Waals surface area contributed by atoms with Crippen molar-refractivity contribution in [1.82, 2.24) is 0 Å². The van der Waals surface area contributed by atoms with Gasteiger partial charge in [-0.15, -0.1) is 0 Å². The highest BCUT2D eigenvalue weighted by Crippen LogP contribution is 2.35. The first kappa shape index (κ1) is 18.2. The maximum atomic E-state index is 6.12. The fraction of sp³-hybridized carbons (Fsp3) is 0.235. The molecule has 0 spiro atoms. The second-order valence-electron chi connectivity index (χ2n) is 4.61. The Morgan fingerprint density at radius 2 is 1.88 bits per heavy atom. The first-order chi connectivity index (χ1) is 11.6. The number of hydrogen-bond acceptors (Lipinski definition) is 5. The SMILES string of the molecule is COc1cc(/C=N/OCCOc2cccc(Cl)c2)cc(Cl)c1OC. The first-order valence-electron chi connectivity index (χ1n) is 7.09. The summed E-state index contributed by atoms with van der Waals surface area (Å²) in [7, 11) is 3.07. The lowest BCUT2D eigenvalue weighted by atomic mass is 10.2. The first-order valence-corrected chi connectivity index (χ1v) is 7.85. The summed E-state index contributed by atoms with van der Waals surface area (Å²) in [5.41, 5.74) is 0.730. The highest BCUT2D eigenvalue weighted by Gasteiger charge is 2.09. The van der Waals surface area contributed by atoms with Crippen molar-refractivity contribution in [2.24, 2.45) is 5.16 Å². The number of methoxy groups -OCH3 is 2. The van der Waals surface area contributed by atoms with Crippen LogP contribution in [0.25, 0.3) is 0 Å². The van der Waals surface area contributed by atoms with Crippen molar-refractivity contribution in [3.8, 4) is 17.2 Å². The van der Waals surface area contributed by atoms with E-state index in [1.54, 1.807) is 31.4 Å². The summed E-state index contributed by atoms with van der Waals surface area (Å²) in [5.74, 6) is 1.68. The molecule has 24 heavy (non-hydrogen) atoms. The van der Waals surface area contributed by atoms with Crippen LogP contribution in [0.4, 0.5) is 0 Å². The van der Waals surface area contributed by atoms with E-state index in [1.165, 1.54) is 13.3 Å². The van der Waals surface area contributed by atoms with Crippen LogP contribution in [0.5, 0.6) is 17.2 Å². The Kier molecular flexibility index (Phi) is 7.03. The molecule has 0 aliphatic carbocycles. The maximum Gasteiger partial charge on any atom is 0.179 e. The van der Waals surface area contributed by atoms with Gasteiger partial charge in [-0.2, -0.15) is 0 Å². The molecule has 0 aromatic heterocycles. The van der Waals surface area contributed by atoms with E-state index in [9.17, 15) is 0 Å². The molecule has 0 amide bonds. The summed E-state index contributed by atoms with van der Waals surface area (Å²) in [4.78, 5) is 5.16. The molecule has 5 nitrogen and oxygen atoms in total. The molecule has 128 valence electrons. The topological polar surface area (TPSA) is 49.3 Å². The molecule has 0 heterocycles. The van der Waals surface area contributed by atoms with Gasteiger partial charge in [0.25, 0.3) is 0 Å². The molecule has 0 bridgehead atoms. The third-order valence-electron chi connectivity index (χ3n) is 2.97. The largest absolute Gasteiger partial charge is 0.493 e. The molecule has 0 N–H and O–H groups in total. The highest BCUT2D eigenvalue weighted by atomic mass is 35.5. The Morgan fingerprint density at radius 1 is 1.04 bits per heavy atom. The van der Waals surface area contributed by atoms with Gasteiger partial charge in [0, 0.05) is 10.6 Å². The molecule has 0 unspecified atom stereocenters. The lowest BCUT2D eigenvalue weighted by Gasteiger charge is -2.09. The normalized spacial score (nSPS) is 10.7. The van der Waals surface area contributed by atoms with Crippen molar-refractivity contribution in [2.75, 3.05) is 27.4 Å². The number of rotatable bonds is 8. The highest BCUT2D eigenvalue weighted by molar-refractivity contribution is 6.32. The average molecular weight is 370 g/mol. The van der Waals surface area contributed by atoms with Gasteiger partial charge in [-0.05, 0) is 30.3 Å². The minimum absolute atomic E-state index is 0.296. The van der Waals surface area contributed by atoms with Crippen LogP contribution in [0.2, 0.25) is 10.0 Å². The smallest absolute Gasteiger partial charge is 0.179 e. The van der Waals surface area contributed by atoms with Gasteiger partial charge in [0.1, 0.15) is 12.4 Å². The molecule has 0 radical (unpaired) electrons. The number of benzene rings is 2. The molecule has 0 aliphatic heterocycles. The average Bonchev–Trinajstić information content (AvgIpc) is 2.57. The van der Waals surface area contributed by atoms with Crippen LogP contribution < -0.4 is 14.2 Å². The minimum atomic E-state index is 0.296. The van der Waals surface area contributed by atoms with E-state index >= 15 is 0 Å². The van der Waals surface area contributed by atoms with E-state index in [1.807, 2.05) is 12.1 Å². The lowest BCUT2D eigenvalue weighted by molar-refractivity contribution is 0.108. The van der Waals surface area contributed by atoms with Crippen molar-refractivity contribution in [3.63, 3.8) is 0 Å². The molecule has 2 aromatic carbocycles. The monoisotopic (exact) mass is 369 g/mol. The molecule has 0 atom stereocenters. The van der Waals surface area contributed by atoms with Gasteiger partial charge in [0.2, 0.25) is 0 Å². The van der Waals surface area contributed by atoms with E-state index in [-0.39, 0.29) is 0 Å². The van der Waals surface area contributed by atoms with E-state index in [2.05, 4.69) is 5.16 Å². The zero-order valence-electron chi connectivity index (χ0n) is 13.3. The summed E-state index contributed by atoms with van der Waals surface area (Å²) >= 11 is 12.0. The van der Waals surface area contributed by atoms with E-state index in [0.717, 1.165) is 5.56 Å². The van der Waals surface area contributed by atoms with Crippen LogP contribution in [0, 0.1) is 0 Å². The molecular formula is C17H17Cl2NO4. The second-order valence-corrected chi connectivity index (χ2v) is 5.46. The van der Waals surface area contributed by atoms with Crippen molar-refractivity contribution >= 4 is 29.4 Å². The summed E-state index contributed by atoms with van der Waals surface area (Å²) in [6.07, 6.45) is 1.53. The molecule has 0 saturated heterocycles. The van der Waals surface area contributed by atoms with Crippen LogP contribution in [0.3, 0.4) is 0 Å². The van der Waals surface area contributed by atoms with Crippen molar-refractivity contribution in [3.05, 3.63) is 52.0 Å². The Labute approximate surface area is 150 Å². The second kappa shape index (κ2) is 9.25. The van der Waals surface area contributed by atoms with Crippen molar-refractivity contribution in [2.45, 2.75) is 0 Å². The zero-order chi connectivity index (χ0) is 17.4. The maximum absolute atomic E-state index is 6.12. The van der Waals surface area contributed by atoms with Crippen molar-refractivity contribution < 1.29 is 19.0 Å². The number of nitrogens with zero attached hydrogens (tertiary/aromatic N) is 1. The molecular weight excluding hydrogens is 353 g/mol. The van der Waals surface area contributed by atoms with E-state index in [4.69, 9.17) is 42.3 Å². The van der Waals surface area contributed by atoms with E-state index in [0.29, 0.717) is 40.5 Å². The van der Waals surface area contributed by atoms with Gasteiger partial charge in [-0.3, -0.25) is 0 Å². The lowest BCUT2D eigenvalue weighted by Crippen LogP contribution is -2.04. The number of oxime groups is 1. The summed E-state index contributed by atoms with van der Waals surface area (Å²) < 4.78 is 15.9. The quantitative estimate of drug-likeness (QED) is 0.392. The molecule has 0 fully saturated rings. The standard InChI is InChI=1S/C17H17Cl2NO4/c1-21-16-9-12(8-15(19)17(16)22-2)11-20-24-7-6-23-14-5-3-4-13(18)10-14/h3-5,8-11H,6-7H2,1-2H3/b20-11+. The predicted molar refractivity (Wildman–Crippen MR) is 95.0 cm³/mol. The van der Waals surface area contributed by atoms with Gasteiger partial charge < -0.3 is 19.0 Å². The van der Waals surface area contributed by atoms with Gasteiger partial charge in [0.15, 0.2) is 18.1 Å². The predicted octanol–water partition coefficient (Wildman–Crippen LogP) is 4.44. The Hall–Kier alpha value is -2.11. The third-order valence-corrected chi connectivity index (χ3v) is 3.49. The zero-order valence-corrected chi connectivity index (χ0v) is 14.8. The van der Waals surface area contributed by atoms with Crippen LogP contribution in [0.1, 0.15) is 5.56 Å². The minimum Gasteiger partial charge on any atom is -0.493 e. The van der Waals surface area contributed by atoms with Gasteiger partial charge >= 0.3 is 0 Å². The molecule has 2 aromatic rings. The van der Waals surface area contributed by atoms with Crippen LogP contribution in [0.15, 0.2) is 41.6 Å².